The van der Waals surface area contributed by atoms with E-state index in [9.17, 15) is 18.0 Å². The van der Waals surface area contributed by atoms with E-state index in [0.717, 1.165) is 11.0 Å². The average Bonchev–Trinajstić information content (AvgIpc) is 3.04. The zero-order chi connectivity index (χ0) is 23.0. The van der Waals surface area contributed by atoms with E-state index in [1.54, 1.807) is 12.1 Å². The smallest absolute Gasteiger partial charge is 0.280 e. The fourth-order valence-corrected chi connectivity index (χ4v) is 3.60. The van der Waals surface area contributed by atoms with Crippen molar-refractivity contribution in [3.63, 3.8) is 0 Å². The number of nitrogens with two attached hydrogens (primary N) is 1. The number of hydrogen-bond acceptors (Lipinski definition) is 6. The highest BCUT2D eigenvalue weighted by atomic mass is 19.3. The summed E-state index contributed by atoms with van der Waals surface area (Å²) in [5.74, 6) is -1.14. The van der Waals surface area contributed by atoms with Gasteiger partial charge in [-0.05, 0) is 53.6 Å². The van der Waals surface area contributed by atoms with Crippen LogP contribution in [0.2, 0.25) is 0 Å². The molecular formula is C22H18F3N5O2. The number of amides is 1. The summed E-state index contributed by atoms with van der Waals surface area (Å²) in [7, 11) is 2.83. The number of ether oxygens (including phenoxy) is 1. The second-order valence-electron chi connectivity index (χ2n) is 7.08. The van der Waals surface area contributed by atoms with Gasteiger partial charge in [0.25, 0.3) is 12.3 Å². The second-order valence-corrected chi connectivity index (χ2v) is 7.08. The van der Waals surface area contributed by atoms with Crippen LogP contribution in [0.3, 0.4) is 0 Å². The molecule has 2 aromatic heterocycles. The van der Waals surface area contributed by atoms with Crippen LogP contribution in [-0.4, -0.2) is 40.9 Å². The molecule has 3 heterocycles. The summed E-state index contributed by atoms with van der Waals surface area (Å²) in [6, 6.07) is 11.6. The van der Waals surface area contributed by atoms with E-state index in [1.165, 1.54) is 50.7 Å². The molecule has 0 bridgehead atoms. The number of rotatable bonds is 5. The third kappa shape index (κ3) is 3.33. The number of likely N-dealkylation sites (N-methyl/N-ethyl adjacent to an activating group) is 1. The lowest BCUT2D eigenvalue weighted by Crippen LogP contribution is -2.41. The zero-order valence-corrected chi connectivity index (χ0v) is 17.1. The van der Waals surface area contributed by atoms with Gasteiger partial charge in [0.1, 0.15) is 11.4 Å². The number of alkyl halides is 2. The first-order valence-electron chi connectivity index (χ1n) is 9.47. The van der Waals surface area contributed by atoms with Crippen molar-refractivity contribution in [2.24, 2.45) is 10.7 Å². The van der Waals surface area contributed by atoms with Crippen LogP contribution in [-0.2, 0) is 10.3 Å². The van der Waals surface area contributed by atoms with Gasteiger partial charge in [0.15, 0.2) is 5.96 Å². The maximum Gasteiger partial charge on any atom is 0.280 e. The van der Waals surface area contributed by atoms with E-state index in [4.69, 9.17) is 10.5 Å². The highest BCUT2D eigenvalue weighted by Crippen LogP contribution is 2.42. The van der Waals surface area contributed by atoms with Crippen LogP contribution in [0.5, 0.6) is 5.75 Å². The molecule has 1 unspecified atom stereocenters. The number of nitrogens with zero attached hydrogens (tertiary/aromatic N) is 4. The molecule has 0 aliphatic carbocycles. The number of pyridine rings is 2. The van der Waals surface area contributed by atoms with Crippen LogP contribution in [0.25, 0.3) is 11.1 Å². The van der Waals surface area contributed by atoms with Crippen molar-refractivity contribution >= 4 is 11.9 Å². The molecular weight excluding hydrogens is 423 g/mol. The van der Waals surface area contributed by atoms with E-state index < -0.39 is 29.5 Å². The Morgan fingerprint density at radius 3 is 2.56 bits per heavy atom. The normalized spacial score (nSPS) is 18.2. The first kappa shape index (κ1) is 21.3. The Balaban J connectivity index is 2.02. The number of halogens is 3. The molecule has 1 aliphatic rings. The fraction of sp³-hybridized carbons (Fsp3) is 0.182. The molecule has 1 aliphatic heterocycles. The van der Waals surface area contributed by atoms with Crippen molar-refractivity contribution in [1.82, 2.24) is 14.9 Å². The van der Waals surface area contributed by atoms with Gasteiger partial charge >= 0.3 is 0 Å². The summed E-state index contributed by atoms with van der Waals surface area (Å²) in [6.07, 6.45) is -1.55. The fourth-order valence-electron chi connectivity index (χ4n) is 3.60. The summed E-state index contributed by atoms with van der Waals surface area (Å²) in [6.45, 7) is 0. The van der Waals surface area contributed by atoms with Gasteiger partial charge in [-0.15, -0.1) is 0 Å². The summed E-state index contributed by atoms with van der Waals surface area (Å²) in [4.78, 5) is 26.5. The number of carbonyl (C=O) groups is 1. The van der Waals surface area contributed by atoms with Gasteiger partial charge in [0, 0.05) is 18.8 Å². The van der Waals surface area contributed by atoms with E-state index in [0.29, 0.717) is 11.3 Å². The minimum absolute atomic E-state index is 0.0431. The molecule has 10 heteroatoms. The molecule has 1 aromatic carbocycles. The van der Waals surface area contributed by atoms with Crippen LogP contribution < -0.4 is 10.5 Å². The SMILES string of the molecule is COc1cc(-c2cccnc2F)cc(C2(c3cccc(C(F)F)n3)N=C(N)N(C)C2=O)c1. The highest BCUT2D eigenvalue weighted by molar-refractivity contribution is 6.08. The van der Waals surface area contributed by atoms with E-state index >= 15 is 0 Å². The molecule has 0 saturated carbocycles. The van der Waals surface area contributed by atoms with Crippen molar-refractivity contribution in [2.75, 3.05) is 14.2 Å². The van der Waals surface area contributed by atoms with Gasteiger partial charge in [0.05, 0.1) is 12.8 Å². The second kappa shape index (κ2) is 7.95. The maximum absolute atomic E-state index is 14.4. The molecule has 7 nitrogen and oxygen atoms in total. The minimum Gasteiger partial charge on any atom is -0.497 e. The Bertz CT molecular complexity index is 1230. The molecule has 164 valence electrons. The third-order valence-corrected chi connectivity index (χ3v) is 5.24. The number of aliphatic imine (C=N–C) groups is 1. The largest absolute Gasteiger partial charge is 0.497 e. The lowest BCUT2D eigenvalue weighted by atomic mass is 9.84. The number of carbonyl (C=O) groups excluding carboxylic acids is 1. The summed E-state index contributed by atoms with van der Waals surface area (Å²) < 4.78 is 46.5. The van der Waals surface area contributed by atoms with Crippen LogP contribution in [0, 0.1) is 5.95 Å². The first-order valence-corrected chi connectivity index (χ1v) is 9.47. The van der Waals surface area contributed by atoms with E-state index in [1.807, 2.05) is 0 Å². The molecule has 1 atom stereocenters. The Hall–Kier alpha value is -3.95. The predicted molar refractivity (Wildman–Crippen MR) is 111 cm³/mol. The maximum atomic E-state index is 14.4. The van der Waals surface area contributed by atoms with Crippen molar-refractivity contribution in [3.8, 4) is 16.9 Å². The van der Waals surface area contributed by atoms with Gasteiger partial charge < -0.3 is 10.5 Å². The topological polar surface area (TPSA) is 93.7 Å². The van der Waals surface area contributed by atoms with Gasteiger partial charge in [-0.25, -0.2) is 23.7 Å². The Morgan fingerprint density at radius 1 is 1.16 bits per heavy atom. The van der Waals surface area contributed by atoms with E-state index in [-0.39, 0.29) is 22.8 Å². The van der Waals surface area contributed by atoms with Crippen molar-refractivity contribution in [3.05, 3.63) is 77.6 Å². The highest BCUT2D eigenvalue weighted by Gasteiger charge is 2.51. The number of methoxy groups -OCH3 is 1. The molecule has 0 fully saturated rings. The minimum atomic E-state index is -2.85. The van der Waals surface area contributed by atoms with Gasteiger partial charge in [-0.1, -0.05) is 6.07 Å². The first-order chi connectivity index (χ1) is 15.3. The molecule has 1 amide bonds. The quantitative estimate of drug-likeness (QED) is 0.614. The lowest BCUT2D eigenvalue weighted by molar-refractivity contribution is -0.129. The molecule has 3 aromatic rings. The summed E-state index contributed by atoms with van der Waals surface area (Å²) in [5, 5.41) is 0. The number of benzene rings is 1. The summed E-state index contributed by atoms with van der Waals surface area (Å²) in [5.41, 5.74) is 4.27. The number of guanidine groups is 1. The summed E-state index contributed by atoms with van der Waals surface area (Å²) >= 11 is 0. The Labute approximate surface area is 181 Å². The van der Waals surface area contributed by atoms with Crippen LogP contribution in [0.1, 0.15) is 23.4 Å². The lowest BCUT2D eigenvalue weighted by Gasteiger charge is -2.26. The Morgan fingerprint density at radius 2 is 1.94 bits per heavy atom. The molecule has 0 saturated heterocycles. The predicted octanol–water partition coefficient (Wildman–Crippen LogP) is 3.26. The Kier molecular flexibility index (Phi) is 5.29. The van der Waals surface area contributed by atoms with Crippen LogP contribution in [0.4, 0.5) is 13.2 Å². The molecule has 0 radical (unpaired) electrons. The average molecular weight is 441 g/mol. The van der Waals surface area contributed by atoms with E-state index in [2.05, 4.69) is 15.0 Å². The zero-order valence-electron chi connectivity index (χ0n) is 17.1. The number of hydrogen-bond donors (Lipinski definition) is 1. The monoisotopic (exact) mass is 441 g/mol. The molecule has 0 spiro atoms. The van der Waals surface area contributed by atoms with Crippen molar-refractivity contribution in [1.29, 1.82) is 0 Å². The molecule has 32 heavy (non-hydrogen) atoms. The van der Waals surface area contributed by atoms with Gasteiger partial charge in [-0.3, -0.25) is 9.69 Å². The number of aromatic nitrogens is 2. The van der Waals surface area contributed by atoms with Crippen molar-refractivity contribution in [2.45, 2.75) is 12.0 Å². The van der Waals surface area contributed by atoms with Crippen molar-refractivity contribution < 1.29 is 22.7 Å². The van der Waals surface area contributed by atoms with Gasteiger partial charge in [-0.2, -0.15) is 4.39 Å². The van der Waals surface area contributed by atoms with Crippen LogP contribution in [0.15, 0.2) is 59.7 Å². The third-order valence-electron chi connectivity index (χ3n) is 5.24. The standard InChI is InChI=1S/C22H18F3N5O2/c1-30-20(31)22(29-21(30)26,17-7-3-6-16(28-17)18(23)24)13-9-12(10-14(11-13)32-2)15-5-4-8-27-19(15)25/h3-11,18H,1-2H3,(H2,26,29). The van der Waals surface area contributed by atoms with Gasteiger partial charge in [0.2, 0.25) is 11.5 Å². The molecule has 4 rings (SSSR count). The van der Waals surface area contributed by atoms with Crippen LogP contribution >= 0.6 is 0 Å². The molecule has 2 N–H and O–H groups in total.